The Labute approximate surface area is 76.4 Å². The van der Waals surface area contributed by atoms with E-state index in [1.165, 1.54) is 24.3 Å². The molecule has 0 aliphatic rings. The molecule has 5 heteroatoms. The molecule has 0 spiro atoms. The lowest BCUT2D eigenvalue weighted by Gasteiger charge is -2.00. The Morgan fingerprint density at radius 1 is 1.15 bits per heavy atom. The summed E-state index contributed by atoms with van der Waals surface area (Å²) < 4.78 is 22.5. The summed E-state index contributed by atoms with van der Waals surface area (Å²) in [7, 11) is -3.45. The van der Waals surface area contributed by atoms with Crippen LogP contribution in [0.25, 0.3) is 0 Å². The quantitative estimate of drug-likeness (QED) is 0.778. The molecule has 0 saturated carbocycles. The number of phenolic OH excluding ortho intramolecular Hbond substituents is 1. The van der Waals surface area contributed by atoms with E-state index in [0.717, 1.165) is 0 Å². The molecule has 0 heterocycles. The summed E-state index contributed by atoms with van der Waals surface area (Å²) in [6.45, 7) is -0.650. The zero-order valence-corrected chi connectivity index (χ0v) is 7.62. The minimum absolute atomic E-state index is 0.000994. The number of hydrogen-bond donors (Lipinski definition) is 1. The van der Waals surface area contributed by atoms with Crippen molar-refractivity contribution in [3.63, 3.8) is 0 Å². The first kappa shape index (κ1) is 10.0. The Hall–Kier alpha value is -1.07. The van der Waals surface area contributed by atoms with Gasteiger partial charge in [0.05, 0.1) is 17.3 Å². The predicted octanol–water partition coefficient (Wildman–Crippen LogP) is 0.596. The van der Waals surface area contributed by atoms with Gasteiger partial charge in [0.2, 0.25) is 0 Å². The van der Waals surface area contributed by atoms with Gasteiger partial charge in [0.25, 0.3) is 0 Å². The van der Waals surface area contributed by atoms with E-state index in [-0.39, 0.29) is 10.6 Å². The van der Waals surface area contributed by atoms with E-state index in [2.05, 4.69) is 0 Å². The monoisotopic (exact) mass is 201 g/mol. The first-order valence-corrected chi connectivity index (χ1v) is 5.31. The molecule has 0 atom stereocenters. The Morgan fingerprint density at radius 2 is 1.69 bits per heavy atom. The molecule has 0 aromatic heterocycles. The number of hydrogen-bond acceptors (Lipinski definition) is 3. The Balaban J connectivity index is 3.02. The van der Waals surface area contributed by atoms with Gasteiger partial charge in [-0.3, -0.25) is 0 Å². The summed E-state index contributed by atoms with van der Waals surface area (Å²) >= 11 is 0. The second kappa shape index (κ2) is 3.76. The molecule has 0 bridgehead atoms. The van der Waals surface area contributed by atoms with Crippen molar-refractivity contribution in [2.45, 2.75) is 4.90 Å². The van der Waals surface area contributed by atoms with Crippen LogP contribution in [-0.2, 0) is 14.9 Å². The Kier molecular flexibility index (Phi) is 2.90. The molecular formula is C8H9O4S. The highest BCUT2D eigenvalue weighted by atomic mass is 32.2. The number of rotatable bonds is 3. The van der Waals surface area contributed by atoms with Crippen LogP contribution in [0.15, 0.2) is 29.2 Å². The molecule has 4 nitrogen and oxygen atoms in total. The summed E-state index contributed by atoms with van der Waals surface area (Å²) in [4.78, 5) is 0.0705. The van der Waals surface area contributed by atoms with Gasteiger partial charge in [-0.15, -0.1) is 0 Å². The van der Waals surface area contributed by atoms with Gasteiger partial charge in [-0.1, -0.05) is 0 Å². The third kappa shape index (κ3) is 2.43. The van der Waals surface area contributed by atoms with E-state index in [4.69, 9.17) is 5.11 Å². The van der Waals surface area contributed by atoms with Gasteiger partial charge in [-0.05, 0) is 24.3 Å². The van der Waals surface area contributed by atoms with Crippen LogP contribution in [0.3, 0.4) is 0 Å². The lowest BCUT2D eigenvalue weighted by Crippen LogP contribution is -2.08. The SMILES string of the molecule is [O]CCS(=O)(=O)c1ccc(O)cc1. The molecule has 1 aromatic carbocycles. The molecule has 1 rings (SSSR count). The van der Waals surface area contributed by atoms with Gasteiger partial charge >= 0.3 is 0 Å². The summed E-state index contributed by atoms with van der Waals surface area (Å²) in [5.74, 6) is -0.404. The lowest BCUT2D eigenvalue weighted by molar-refractivity contribution is 0.213. The highest BCUT2D eigenvalue weighted by Crippen LogP contribution is 2.15. The zero-order chi connectivity index (χ0) is 9.90. The second-order valence-electron chi connectivity index (χ2n) is 2.52. The number of benzene rings is 1. The number of sulfone groups is 1. The normalized spacial score (nSPS) is 11.5. The predicted molar refractivity (Wildman–Crippen MR) is 45.7 cm³/mol. The van der Waals surface area contributed by atoms with Crippen molar-refractivity contribution < 1.29 is 18.6 Å². The standard InChI is InChI=1S/C8H9O4S/c9-5-6-13(11,12)8-3-1-7(10)2-4-8/h1-4,10H,5-6H2. The van der Waals surface area contributed by atoms with Gasteiger partial charge < -0.3 is 5.11 Å². The fraction of sp³-hybridized carbons (Fsp3) is 0.250. The Morgan fingerprint density at radius 3 is 2.15 bits per heavy atom. The molecule has 0 aliphatic heterocycles. The molecule has 0 amide bonds. The summed E-state index contributed by atoms with van der Waals surface area (Å²) in [6.07, 6.45) is 0. The van der Waals surface area contributed by atoms with Gasteiger partial charge in [0, 0.05) is 0 Å². The smallest absolute Gasteiger partial charge is 0.180 e. The van der Waals surface area contributed by atoms with Crippen LogP contribution in [0.5, 0.6) is 5.75 Å². The van der Waals surface area contributed by atoms with Gasteiger partial charge in [-0.25, -0.2) is 13.5 Å². The van der Waals surface area contributed by atoms with Crippen molar-refractivity contribution in [2.24, 2.45) is 0 Å². The first-order valence-electron chi connectivity index (χ1n) is 3.66. The highest BCUT2D eigenvalue weighted by molar-refractivity contribution is 7.91. The van der Waals surface area contributed by atoms with Crippen molar-refractivity contribution in [3.05, 3.63) is 24.3 Å². The van der Waals surface area contributed by atoms with Crippen LogP contribution in [-0.4, -0.2) is 25.9 Å². The van der Waals surface area contributed by atoms with E-state index in [0.29, 0.717) is 0 Å². The summed E-state index contributed by atoms with van der Waals surface area (Å²) in [6, 6.07) is 5.11. The molecule has 13 heavy (non-hydrogen) atoms. The number of phenols is 1. The Bertz CT molecular complexity index is 366. The van der Waals surface area contributed by atoms with E-state index >= 15 is 0 Å². The molecule has 1 N–H and O–H groups in total. The maximum atomic E-state index is 11.3. The number of aromatic hydroxyl groups is 1. The van der Waals surface area contributed by atoms with Crippen LogP contribution >= 0.6 is 0 Å². The van der Waals surface area contributed by atoms with Crippen molar-refractivity contribution in [3.8, 4) is 5.75 Å². The van der Waals surface area contributed by atoms with E-state index in [1.54, 1.807) is 0 Å². The molecule has 0 unspecified atom stereocenters. The topological polar surface area (TPSA) is 74.3 Å². The molecule has 1 radical (unpaired) electrons. The molecule has 71 valence electrons. The van der Waals surface area contributed by atoms with Gasteiger partial charge in [-0.2, -0.15) is 0 Å². The summed E-state index contributed by atoms with van der Waals surface area (Å²) in [5, 5.41) is 19.1. The van der Waals surface area contributed by atoms with Crippen LogP contribution < -0.4 is 0 Å². The lowest BCUT2D eigenvalue weighted by atomic mass is 10.3. The van der Waals surface area contributed by atoms with Crippen LogP contribution in [0.2, 0.25) is 0 Å². The van der Waals surface area contributed by atoms with Crippen molar-refractivity contribution in [1.29, 1.82) is 0 Å². The van der Waals surface area contributed by atoms with Crippen LogP contribution in [0.4, 0.5) is 0 Å². The first-order chi connectivity index (χ1) is 6.06. The van der Waals surface area contributed by atoms with Crippen molar-refractivity contribution in [1.82, 2.24) is 0 Å². The third-order valence-electron chi connectivity index (χ3n) is 1.55. The second-order valence-corrected chi connectivity index (χ2v) is 4.63. The van der Waals surface area contributed by atoms with Gasteiger partial charge in [0.1, 0.15) is 5.75 Å². The molecule has 1 aromatic rings. The van der Waals surface area contributed by atoms with Crippen molar-refractivity contribution in [2.75, 3.05) is 12.4 Å². The highest BCUT2D eigenvalue weighted by Gasteiger charge is 2.13. The molecular weight excluding hydrogens is 192 g/mol. The van der Waals surface area contributed by atoms with Crippen LogP contribution in [0.1, 0.15) is 0 Å². The average molecular weight is 201 g/mol. The van der Waals surface area contributed by atoms with Crippen molar-refractivity contribution >= 4 is 9.84 Å². The molecule has 0 fully saturated rings. The fourth-order valence-corrected chi connectivity index (χ4v) is 1.89. The van der Waals surface area contributed by atoms with Crippen LogP contribution in [0, 0.1) is 0 Å². The zero-order valence-electron chi connectivity index (χ0n) is 6.80. The third-order valence-corrected chi connectivity index (χ3v) is 3.24. The summed E-state index contributed by atoms with van der Waals surface area (Å²) in [5.41, 5.74) is 0. The van der Waals surface area contributed by atoms with E-state index in [1.807, 2.05) is 0 Å². The largest absolute Gasteiger partial charge is 0.508 e. The average Bonchev–Trinajstić information content (AvgIpc) is 2.05. The molecule has 0 aliphatic carbocycles. The van der Waals surface area contributed by atoms with Gasteiger partial charge in [0.15, 0.2) is 9.84 Å². The fourth-order valence-electron chi connectivity index (χ4n) is 0.881. The van der Waals surface area contributed by atoms with E-state index < -0.39 is 22.2 Å². The minimum atomic E-state index is -3.45. The van der Waals surface area contributed by atoms with E-state index in [9.17, 15) is 13.5 Å². The molecule has 0 saturated heterocycles. The minimum Gasteiger partial charge on any atom is -0.508 e. The maximum Gasteiger partial charge on any atom is 0.180 e. The maximum absolute atomic E-state index is 11.3.